The van der Waals surface area contributed by atoms with E-state index in [4.69, 9.17) is 4.74 Å². The quantitative estimate of drug-likeness (QED) is 0.419. The van der Waals surface area contributed by atoms with Crippen molar-refractivity contribution in [3.63, 3.8) is 0 Å². The number of rotatable bonds is 3. The molecule has 0 saturated carbocycles. The first-order chi connectivity index (χ1) is 13.0. The van der Waals surface area contributed by atoms with E-state index in [-0.39, 0.29) is 5.91 Å². The van der Waals surface area contributed by atoms with Crippen LogP contribution in [0.5, 0.6) is 5.75 Å². The van der Waals surface area contributed by atoms with E-state index in [2.05, 4.69) is 39.2 Å². The molecule has 0 unspecified atom stereocenters. The van der Waals surface area contributed by atoms with E-state index < -0.39 is 0 Å². The minimum atomic E-state index is -0.243. The van der Waals surface area contributed by atoms with E-state index in [1.807, 2.05) is 43.3 Å². The molecule has 0 radical (unpaired) electrons. The van der Waals surface area contributed by atoms with Gasteiger partial charge in [-0.2, -0.15) is 0 Å². The van der Waals surface area contributed by atoms with Crippen molar-refractivity contribution in [3.05, 3.63) is 63.6 Å². The molecule has 0 fully saturated rings. The van der Waals surface area contributed by atoms with Gasteiger partial charge in [0.15, 0.2) is 5.13 Å². The minimum Gasteiger partial charge on any atom is -0.495 e. The van der Waals surface area contributed by atoms with Gasteiger partial charge in [0.1, 0.15) is 5.75 Å². The van der Waals surface area contributed by atoms with E-state index in [1.54, 1.807) is 7.11 Å². The Labute approximate surface area is 169 Å². The van der Waals surface area contributed by atoms with E-state index in [1.165, 1.54) is 11.3 Å². The van der Waals surface area contributed by atoms with Crippen LogP contribution in [0.15, 0.2) is 46.9 Å². The molecule has 4 rings (SSSR count). The number of aromatic nitrogens is 1. The van der Waals surface area contributed by atoms with Gasteiger partial charge in [0.05, 0.1) is 27.4 Å². The Balaban J connectivity index is 1.77. The maximum Gasteiger partial charge on any atom is 0.261 e. The zero-order chi connectivity index (χ0) is 19.1. The molecule has 4 nitrogen and oxygen atoms in total. The van der Waals surface area contributed by atoms with Gasteiger partial charge in [0.25, 0.3) is 5.91 Å². The van der Waals surface area contributed by atoms with Crippen molar-refractivity contribution >= 4 is 59.3 Å². The van der Waals surface area contributed by atoms with Gasteiger partial charge in [-0.1, -0.05) is 47.7 Å². The molecule has 1 aromatic heterocycles. The van der Waals surface area contributed by atoms with E-state index in [0.29, 0.717) is 16.4 Å². The molecule has 0 spiro atoms. The average molecular weight is 441 g/mol. The number of fused-ring (bicyclic) bond motifs is 2. The highest BCUT2D eigenvalue weighted by molar-refractivity contribution is 9.10. The first kappa shape index (κ1) is 17.9. The van der Waals surface area contributed by atoms with Gasteiger partial charge in [0.2, 0.25) is 0 Å². The second kappa shape index (κ2) is 6.94. The summed E-state index contributed by atoms with van der Waals surface area (Å²) in [5.41, 5.74) is 3.65. The van der Waals surface area contributed by atoms with Crippen molar-refractivity contribution in [2.24, 2.45) is 0 Å². The Hall–Kier alpha value is -2.44. The normalized spacial score (nSPS) is 11.1. The topological polar surface area (TPSA) is 51.2 Å². The number of aryl methyl sites for hydroxylation is 2. The fourth-order valence-corrected chi connectivity index (χ4v) is 4.87. The zero-order valence-corrected chi connectivity index (χ0v) is 17.5. The van der Waals surface area contributed by atoms with E-state index in [0.717, 1.165) is 36.6 Å². The number of hydrogen-bond donors (Lipinski definition) is 1. The molecule has 27 heavy (non-hydrogen) atoms. The molecule has 4 aromatic rings. The summed E-state index contributed by atoms with van der Waals surface area (Å²) in [6.45, 7) is 4.07. The van der Waals surface area contributed by atoms with Crippen LogP contribution in [0.25, 0.3) is 21.0 Å². The molecule has 6 heteroatoms. The van der Waals surface area contributed by atoms with Gasteiger partial charge in [-0.3, -0.25) is 10.1 Å². The van der Waals surface area contributed by atoms with Crippen molar-refractivity contribution in [2.75, 3.05) is 12.4 Å². The second-order valence-electron chi connectivity index (χ2n) is 6.34. The Morgan fingerprint density at radius 3 is 2.63 bits per heavy atom. The van der Waals surface area contributed by atoms with Crippen LogP contribution in [-0.4, -0.2) is 18.0 Å². The summed E-state index contributed by atoms with van der Waals surface area (Å²) in [4.78, 5) is 17.6. The lowest BCUT2D eigenvalue weighted by molar-refractivity contribution is 0.102. The summed E-state index contributed by atoms with van der Waals surface area (Å²) >= 11 is 5.06. The maximum atomic E-state index is 13.0. The van der Waals surface area contributed by atoms with Gasteiger partial charge in [-0.15, -0.1) is 0 Å². The molecule has 1 heterocycles. The number of ether oxygens (including phenoxy) is 1. The molecule has 0 aliphatic heterocycles. The van der Waals surface area contributed by atoms with Crippen LogP contribution in [-0.2, 0) is 0 Å². The molecule has 0 saturated heterocycles. The largest absolute Gasteiger partial charge is 0.495 e. The number of thiazole rings is 1. The number of halogens is 1. The van der Waals surface area contributed by atoms with E-state index in [9.17, 15) is 4.79 Å². The van der Waals surface area contributed by atoms with Crippen molar-refractivity contribution in [1.29, 1.82) is 0 Å². The Kier molecular flexibility index (Phi) is 4.61. The highest BCUT2D eigenvalue weighted by Gasteiger charge is 2.19. The number of nitrogens with one attached hydrogen (secondary N) is 1. The Bertz CT molecular complexity index is 1160. The van der Waals surface area contributed by atoms with Gasteiger partial charge < -0.3 is 4.74 Å². The fraction of sp³-hybridized carbons (Fsp3) is 0.143. The van der Waals surface area contributed by atoms with Crippen molar-refractivity contribution < 1.29 is 9.53 Å². The molecular weight excluding hydrogens is 424 g/mol. The number of amides is 1. The number of methoxy groups -OCH3 is 1. The Morgan fingerprint density at radius 1 is 1.15 bits per heavy atom. The monoisotopic (exact) mass is 440 g/mol. The predicted molar refractivity (Wildman–Crippen MR) is 115 cm³/mol. The van der Waals surface area contributed by atoms with Gasteiger partial charge in [0, 0.05) is 0 Å². The number of carbonyl (C=O) groups is 1. The Morgan fingerprint density at radius 2 is 1.89 bits per heavy atom. The van der Waals surface area contributed by atoms with E-state index >= 15 is 0 Å². The summed E-state index contributed by atoms with van der Waals surface area (Å²) in [6.07, 6.45) is 0. The first-order valence-corrected chi connectivity index (χ1v) is 10.0. The van der Waals surface area contributed by atoms with Crippen molar-refractivity contribution in [2.45, 2.75) is 13.8 Å². The molecule has 136 valence electrons. The lowest BCUT2D eigenvalue weighted by atomic mass is 10.1. The zero-order valence-electron chi connectivity index (χ0n) is 15.1. The van der Waals surface area contributed by atoms with Crippen molar-refractivity contribution in [3.8, 4) is 5.75 Å². The van der Waals surface area contributed by atoms with Crippen LogP contribution in [0.1, 0.15) is 21.5 Å². The van der Waals surface area contributed by atoms with Crippen LogP contribution in [0, 0.1) is 13.8 Å². The second-order valence-corrected chi connectivity index (χ2v) is 8.13. The molecule has 0 bridgehead atoms. The summed E-state index contributed by atoms with van der Waals surface area (Å²) in [7, 11) is 1.57. The molecule has 0 aliphatic carbocycles. The van der Waals surface area contributed by atoms with Crippen LogP contribution >= 0.6 is 27.3 Å². The molecular formula is C21H17BrN2O2S. The van der Waals surface area contributed by atoms with Gasteiger partial charge in [-0.05, 0) is 57.7 Å². The van der Waals surface area contributed by atoms with Gasteiger partial charge in [-0.25, -0.2) is 4.98 Å². The number of nitrogens with zero attached hydrogens (tertiary/aromatic N) is 1. The highest BCUT2D eigenvalue weighted by atomic mass is 79.9. The lowest BCUT2D eigenvalue weighted by Gasteiger charge is -2.12. The average Bonchev–Trinajstić information content (AvgIpc) is 3.10. The number of hydrogen-bond acceptors (Lipinski definition) is 4. The van der Waals surface area contributed by atoms with Crippen LogP contribution < -0.4 is 10.1 Å². The number of carbonyl (C=O) groups excluding carboxylic acids is 1. The fourth-order valence-electron chi connectivity index (χ4n) is 3.13. The summed E-state index contributed by atoms with van der Waals surface area (Å²) < 4.78 is 7.38. The van der Waals surface area contributed by atoms with Crippen molar-refractivity contribution in [1.82, 2.24) is 4.98 Å². The highest BCUT2D eigenvalue weighted by Crippen LogP contribution is 2.37. The lowest BCUT2D eigenvalue weighted by Crippen LogP contribution is -2.13. The number of anilines is 1. The molecule has 1 amide bonds. The third-order valence-corrected chi connectivity index (χ3v) is 6.45. The predicted octanol–water partition coefficient (Wildman–Crippen LogP) is 6.09. The van der Waals surface area contributed by atoms with Crippen LogP contribution in [0.4, 0.5) is 5.13 Å². The summed E-state index contributed by atoms with van der Waals surface area (Å²) in [5.74, 6) is 0.271. The molecule has 0 atom stereocenters. The summed E-state index contributed by atoms with van der Waals surface area (Å²) in [6, 6.07) is 13.8. The summed E-state index contributed by atoms with van der Waals surface area (Å²) in [5, 5.41) is 5.48. The smallest absolute Gasteiger partial charge is 0.261 e. The van der Waals surface area contributed by atoms with Crippen LogP contribution in [0.2, 0.25) is 0 Å². The van der Waals surface area contributed by atoms with Crippen LogP contribution in [0.3, 0.4) is 0 Å². The van der Waals surface area contributed by atoms with Gasteiger partial charge >= 0.3 is 0 Å². The third kappa shape index (κ3) is 3.09. The number of benzene rings is 3. The SMILES string of the molecule is COc1c(C(=O)Nc2nc3c(C)ccc(C)c3s2)cc2ccccc2c1Br. The molecule has 0 aliphatic rings. The molecule has 3 aromatic carbocycles. The molecule has 1 N–H and O–H groups in total. The maximum absolute atomic E-state index is 13.0. The third-order valence-electron chi connectivity index (χ3n) is 4.55. The first-order valence-electron chi connectivity index (χ1n) is 8.43. The minimum absolute atomic E-state index is 0.243. The standard InChI is InChI=1S/C21H17BrN2O2S/c1-11-8-9-12(2)19-17(11)23-21(27-19)24-20(25)15-10-13-6-4-5-7-14(13)16(22)18(15)26-3/h4-10H,1-3H3,(H,23,24,25).